The van der Waals surface area contributed by atoms with E-state index in [2.05, 4.69) is 26.9 Å². The molecule has 4 rings (SSSR count). The van der Waals surface area contributed by atoms with Crippen molar-refractivity contribution in [1.29, 1.82) is 0 Å². The fourth-order valence-corrected chi connectivity index (χ4v) is 3.42. The van der Waals surface area contributed by atoms with E-state index in [0.29, 0.717) is 18.3 Å². The lowest BCUT2D eigenvalue weighted by Crippen LogP contribution is -2.05. The van der Waals surface area contributed by atoms with Crippen LogP contribution in [-0.2, 0) is 0 Å². The molecule has 3 aromatic rings. The third-order valence-electron chi connectivity index (χ3n) is 4.02. The summed E-state index contributed by atoms with van der Waals surface area (Å²) in [5.41, 5.74) is 1.08. The Morgan fingerprint density at radius 3 is 2.56 bits per heavy atom. The lowest BCUT2D eigenvalue weighted by molar-refractivity contribution is 0.325. The van der Waals surface area contributed by atoms with Gasteiger partial charge in [0.2, 0.25) is 0 Å². The number of hydrogen-bond donors (Lipinski definition) is 0. The topological polar surface area (TPSA) is 39.9 Å². The first-order valence-electron chi connectivity index (χ1n) is 8.34. The Labute approximate surface area is 150 Å². The van der Waals surface area contributed by atoms with Gasteiger partial charge in [0.1, 0.15) is 5.82 Å². The van der Waals surface area contributed by atoms with Crippen LogP contribution in [0.4, 0.5) is 4.39 Å². The number of benzene rings is 2. The molecule has 128 valence electrons. The second kappa shape index (κ2) is 7.27. The maximum atomic E-state index is 13.6. The maximum Gasteiger partial charge on any atom is 0.195 e. The van der Waals surface area contributed by atoms with Crippen molar-refractivity contribution in [2.75, 3.05) is 12.4 Å². The Bertz CT molecular complexity index is 849. The van der Waals surface area contributed by atoms with Crippen LogP contribution < -0.4 is 4.74 Å². The van der Waals surface area contributed by atoms with Crippen LogP contribution in [0.1, 0.15) is 24.6 Å². The Morgan fingerprint density at radius 1 is 1.04 bits per heavy atom. The summed E-state index contributed by atoms with van der Waals surface area (Å²) >= 11 is 1.57. The number of nitrogens with zero attached hydrogens (tertiary/aromatic N) is 3. The van der Waals surface area contributed by atoms with E-state index < -0.39 is 0 Å². The van der Waals surface area contributed by atoms with E-state index in [9.17, 15) is 4.39 Å². The molecule has 0 radical (unpaired) electrons. The summed E-state index contributed by atoms with van der Waals surface area (Å²) in [7, 11) is 0. The fraction of sp³-hybridized carbons (Fsp3) is 0.263. The predicted molar refractivity (Wildman–Crippen MR) is 96.0 cm³/mol. The van der Waals surface area contributed by atoms with E-state index in [1.165, 1.54) is 18.9 Å². The van der Waals surface area contributed by atoms with Gasteiger partial charge in [0, 0.05) is 17.4 Å². The molecule has 0 N–H and O–H groups in total. The molecule has 1 aliphatic rings. The number of aromatic nitrogens is 3. The molecule has 1 aromatic heterocycles. The van der Waals surface area contributed by atoms with Crippen molar-refractivity contribution < 1.29 is 9.13 Å². The van der Waals surface area contributed by atoms with E-state index in [1.54, 1.807) is 30.0 Å². The van der Waals surface area contributed by atoms with E-state index in [1.807, 2.05) is 18.2 Å². The van der Waals surface area contributed by atoms with Gasteiger partial charge < -0.3 is 4.74 Å². The second-order valence-electron chi connectivity index (χ2n) is 5.91. The smallest absolute Gasteiger partial charge is 0.195 e. The summed E-state index contributed by atoms with van der Waals surface area (Å²) in [5.74, 6) is 2.16. The number of hydrogen-bond acceptors (Lipinski definition) is 4. The molecular formula is C19H18FN3OS. The van der Waals surface area contributed by atoms with Crippen molar-refractivity contribution in [3.05, 3.63) is 66.2 Å². The minimum absolute atomic E-state index is 0.284. The van der Waals surface area contributed by atoms with Gasteiger partial charge in [0.15, 0.2) is 16.7 Å². The average molecular weight is 355 g/mol. The highest BCUT2D eigenvalue weighted by Crippen LogP contribution is 2.41. The van der Waals surface area contributed by atoms with E-state index >= 15 is 0 Å². The van der Waals surface area contributed by atoms with Crippen molar-refractivity contribution in [3.8, 4) is 11.4 Å². The van der Waals surface area contributed by atoms with E-state index in [4.69, 9.17) is 4.74 Å². The lowest BCUT2D eigenvalue weighted by Gasteiger charge is -2.10. The molecule has 0 amide bonds. The summed E-state index contributed by atoms with van der Waals surface area (Å²) in [5, 5.41) is 9.61. The van der Waals surface area contributed by atoms with Gasteiger partial charge in [-0.3, -0.25) is 4.57 Å². The molecule has 0 unspecified atom stereocenters. The summed E-state index contributed by atoms with van der Waals surface area (Å²) in [6.07, 6.45) is 2.35. The highest BCUT2D eigenvalue weighted by atomic mass is 32.2. The fourth-order valence-electron chi connectivity index (χ4n) is 2.65. The predicted octanol–water partition coefficient (Wildman–Crippen LogP) is 4.45. The summed E-state index contributed by atoms with van der Waals surface area (Å²) < 4.78 is 21.2. The summed E-state index contributed by atoms with van der Waals surface area (Å²) in [6.45, 7) is 0.409. The second-order valence-corrected chi connectivity index (χ2v) is 6.98. The molecule has 0 spiro atoms. The Hall–Kier alpha value is -2.34. The molecule has 0 aliphatic heterocycles. The zero-order valence-electron chi connectivity index (χ0n) is 13.6. The van der Waals surface area contributed by atoms with Crippen molar-refractivity contribution in [1.82, 2.24) is 14.8 Å². The van der Waals surface area contributed by atoms with Gasteiger partial charge in [-0.25, -0.2) is 4.39 Å². The number of ether oxygens (including phenoxy) is 1. The minimum Gasteiger partial charge on any atom is -0.490 e. The summed E-state index contributed by atoms with van der Waals surface area (Å²) in [4.78, 5) is 0. The van der Waals surface area contributed by atoms with Crippen LogP contribution in [0.5, 0.6) is 5.75 Å². The molecule has 25 heavy (non-hydrogen) atoms. The van der Waals surface area contributed by atoms with Gasteiger partial charge in [-0.15, -0.1) is 10.2 Å². The minimum atomic E-state index is -0.337. The Balaban J connectivity index is 1.45. The molecule has 0 atom stereocenters. The first-order chi connectivity index (χ1) is 12.3. The molecule has 2 aromatic carbocycles. The van der Waals surface area contributed by atoms with Gasteiger partial charge in [0.05, 0.1) is 6.61 Å². The normalized spacial score (nSPS) is 13.8. The van der Waals surface area contributed by atoms with Crippen molar-refractivity contribution in [2.24, 2.45) is 0 Å². The zero-order valence-corrected chi connectivity index (χ0v) is 14.5. The van der Waals surface area contributed by atoms with Crippen LogP contribution in [0.25, 0.3) is 5.69 Å². The van der Waals surface area contributed by atoms with Crippen molar-refractivity contribution in [3.63, 3.8) is 0 Å². The van der Waals surface area contributed by atoms with Crippen LogP contribution in [0.15, 0.2) is 59.8 Å². The van der Waals surface area contributed by atoms with E-state index in [-0.39, 0.29) is 11.6 Å². The van der Waals surface area contributed by atoms with Crippen molar-refractivity contribution in [2.45, 2.75) is 23.9 Å². The van der Waals surface area contributed by atoms with Crippen molar-refractivity contribution >= 4 is 11.8 Å². The molecule has 0 saturated heterocycles. The molecular weight excluding hydrogens is 337 g/mol. The zero-order chi connectivity index (χ0) is 17.1. The monoisotopic (exact) mass is 355 g/mol. The molecule has 6 heteroatoms. The average Bonchev–Trinajstić information content (AvgIpc) is 3.41. The third-order valence-corrected chi connectivity index (χ3v) is 4.92. The Morgan fingerprint density at radius 2 is 1.80 bits per heavy atom. The quantitative estimate of drug-likeness (QED) is 0.464. The van der Waals surface area contributed by atoms with Gasteiger partial charge >= 0.3 is 0 Å². The number of rotatable bonds is 7. The highest BCUT2D eigenvalue weighted by Gasteiger charge is 2.30. The first-order valence-corrected chi connectivity index (χ1v) is 9.32. The number of thioether (sulfide) groups is 1. The van der Waals surface area contributed by atoms with Gasteiger partial charge in [-0.05, 0) is 37.1 Å². The Kier molecular flexibility index (Phi) is 4.70. The molecule has 1 heterocycles. The van der Waals surface area contributed by atoms with E-state index in [0.717, 1.165) is 16.7 Å². The molecule has 1 saturated carbocycles. The first kappa shape index (κ1) is 16.1. The number of para-hydroxylation sites is 2. The van der Waals surface area contributed by atoms with Crippen LogP contribution in [0.3, 0.4) is 0 Å². The lowest BCUT2D eigenvalue weighted by atomic mass is 10.3. The standard InChI is InChI=1S/C19H18FN3OS/c20-16-8-4-5-9-17(16)24-12-13-25-19-22-21-18(14-10-11-14)23(19)15-6-2-1-3-7-15/h1-9,14H,10-13H2. The van der Waals surface area contributed by atoms with Gasteiger partial charge in [0.25, 0.3) is 0 Å². The van der Waals surface area contributed by atoms with Crippen LogP contribution in [0.2, 0.25) is 0 Å². The highest BCUT2D eigenvalue weighted by molar-refractivity contribution is 7.99. The summed E-state index contributed by atoms with van der Waals surface area (Å²) in [6, 6.07) is 16.6. The van der Waals surface area contributed by atoms with Crippen LogP contribution >= 0.6 is 11.8 Å². The maximum absolute atomic E-state index is 13.6. The molecule has 4 nitrogen and oxygen atoms in total. The largest absolute Gasteiger partial charge is 0.490 e. The molecule has 0 bridgehead atoms. The molecule has 1 fully saturated rings. The molecule has 1 aliphatic carbocycles. The number of halogens is 1. The van der Waals surface area contributed by atoms with Crippen LogP contribution in [-0.4, -0.2) is 27.1 Å². The van der Waals surface area contributed by atoms with Crippen LogP contribution in [0, 0.1) is 5.82 Å². The third kappa shape index (κ3) is 3.69. The van der Waals surface area contributed by atoms with Gasteiger partial charge in [-0.2, -0.15) is 0 Å². The SMILES string of the molecule is Fc1ccccc1OCCSc1nnc(C2CC2)n1-c1ccccc1. The van der Waals surface area contributed by atoms with Gasteiger partial charge in [-0.1, -0.05) is 42.1 Å².